The molecule has 0 amide bonds. The Labute approximate surface area is 104 Å². The lowest BCUT2D eigenvalue weighted by Gasteiger charge is -2.17. The predicted molar refractivity (Wildman–Crippen MR) is 69.5 cm³/mol. The van der Waals surface area contributed by atoms with Gasteiger partial charge in [-0.05, 0) is 42.2 Å². The number of nitrogens with one attached hydrogen (secondary N) is 1. The van der Waals surface area contributed by atoms with Crippen LogP contribution in [0.4, 0.5) is 0 Å². The summed E-state index contributed by atoms with van der Waals surface area (Å²) >= 11 is 13.8. The molecule has 1 atom stereocenters. The summed E-state index contributed by atoms with van der Waals surface area (Å²) in [6.45, 7) is 0. The summed E-state index contributed by atoms with van der Waals surface area (Å²) < 4.78 is 0. The number of halogens is 2. The van der Waals surface area contributed by atoms with Crippen LogP contribution in [0.15, 0.2) is 18.2 Å². The molecular weight excluding hydrogens is 251 g/mol. The molecule has 0 saturated heterocycles. The third-order valence-corrected chi connectivity index (χ3v) is 3.37. The highest BCUT2D eigenvalue weighted by molar-refractivity contribution is 7.98. The lowest BCUT2D eigenvalue weighted by atomic mass is 10.1. The number of thioether (sulfide) groups is 1. The first-order chi connectivity index (χ1) is 7.19. The summed E-state index contributed by atoms with van der Waals surface area (Å²) in [7, 11) is 0. The molecule has 0 fully saturated rings. The van der Waals surface area contributed by atoms with Gasteiger partial charge in [0.2, 0.25) is 0 Å². The Bertz CT molecular complexity index is 320. The van der Waals surface area contributed by atoms with E-state index in [9.17, 15) is 0 Å². The molecule has 1 aromatic carbocycles. The molecule has 0 aliphatic heterocycles. The topological polar surface area (TPSA) is 38.0 Å². The van der Waals surface area contributed by atoms with Crippen molar-refractivity contribution in [2.24, 2.45) is 5.84 Å². The van der Waals surface area contributed by atoms with Gasteiger partial charge in [0, 0.05) is 16.1 Å². The zero-order valence-electron chi connectivity index (χ0n) is 8.47. The number of nitrogens with two attached hydrogens (primary N) is 1. The summed E-state index contributed by atoms with van der Waals surface area (Å²) in [5, 5.41) is 1.38. The highest BCUT2D eigenvalue weighted by atomic mass is 35.5. The Morgan fingerprint density at radius 2 is 2.20 bits per heavy atom. The predicted octanol–water partition coefficient (Wildman–Crippen LogP) is 3.25. The van der Waals surface area contributed by atoms with Crippen molar-refractivity contribution in [3.8, 4) is 0 Å². The Morgan fingerprint density at radius 3 is 2.80 bits per heavy atom. The fraction of sp³-hybridized carbons (Fsp3) is 0.400. The van der Waals surface area contributed by atoms with Gasteiger partial charge in [-0.2, -0.15) is 11.8 Å². The first kappa shape index (κ1) is 13.1. The minimum absolute atomic E-state index is 0.0589. The van der Waals surface area contributed by atoms with Gasteiger partial charge >= 0.3 is 0 Å². The van der Waals surface area contributed by atoms with Crippen LogP contribution >= 0.6 is 35.0 Å². The van der Waals surface area contributed by atoms with Gasteiger partial charge in [0.1, 0.15) is 0 Å². The second-order valence-corrected chi connectivity index (χ2v) is 5.00. The molecule has 0 spiro atoms. The summed E-state index contributed by atoms with van der Waals surface area (Å²) in [5.74, 6) is 6.53. The van der Waals surface area contributed by atoms with Gasteiger partial charge < -0.3 is 0 Å². The van der Waals surface area contributed by atoms with E-state index in [1.54, 1.807) is 23.9 Å². The summed E-state index contributed by atoms with van der Waals surface area (Å²) in [5.41, 5.74) is 3.72. The van der Waals surface area contributed by atoms with Crippen LogP contribution in [-0.4, -0.2) is 12.0 Å². The smallest absolute Gasteiger partial charge is 0.0483 e. The average molecular weight is 265 g/mol. The Hall–Kier alpha value is 0.0700. The van der Waals surface area contributed by atoms with Crippen molar-refractivity contribution >= 4 is 35.0 Å². The molecule has 1 aromatic rings. The molecule has 0 heterocycles. The Morgan fingerprint density at radius 1 is 1.47 bits per heavy atom. The van der Waals surface area contributed by atoms with E-state index in [1.165, 1.54) is 0 Å². The van der Waals surface area contributed by atoms with Crippen molar-refractivity contribution in [2.45, 2.75) is 12.5 Å². The van der Waals surface area contributed by atoms with Crippen LogP contribution in [0.25, 0.3) is 0 Å². The second kappa shape index (κ2) is 6.61. The number of hydrogen-bond acceptors (Lipinski definition) is 3. The first-order valence-corrected chi connectivity index (χ1v) is 6.74. The number of hydrogen-bond donors (Lipinski definition) is 2. The Balaban J connectivity index is 2.85. The maximum atomic E-state index is 6.09. The highest BCUT2D eigenvalue weighted by Crippen LogP contribution is 2.28. The molecule has 0 radical (unpaired) electrons. The van der Waals surface area contributed by atoms with E-state index in [4.69, 9.17) is 29.0 Å². The van der Waals surface area contributed by atoms with Crippen molar-refractivity contribution in [3.05, 3.63) is 33.8 Å². The molecule has 1 rings (SSSR count). The van der Waals surface area contributed by atoms with Crippen LogP contribution in [-0.2, 0) is 0 Å². The fourth-order valence-corrected chi connectivity index (χ4v) is 2.25. The molecule has 1 unspecified atom stereocenters. The van der Waals surface area contributed by atoms with Crippen molar-refractivity contribution in [1.82, 2.24) is 5.43 Å². The van der Waals surface area contributed by atoms with E-state index in [1.807, 2.05) is 6.07 Å². The van der Waals surface area contributed by atoms with Gasteiger partial charge in [0.05, 0.1) is 0 Å². The monoisotopic (exact) mass is 264 g/mol. The van der Waals surface area contributed by atoms with Crippen molar-refractivity contribution in [2.75, 3.05) is 12.0 Å². The van der Waals surface area contributed by atoms with Gasteiger partial charge in [-0.3, -0.25) is 11.3 Å². The van der Waals surface area contributed by atoms with Gasteiger partial charge in [0.15, 0.2) is 0 Å². The van der Waals surface area contributed by atoms with Crippen LogP contribution in [0, 0.1) is 0 Å². The van der Waals surface area contributed by atoms with E-state index in [-0.39, 0.29) is 6.04 Å². The molecule has 0 saturated carbocycles. The van der Waals surface area contributed by atoms with Crippen LogP contribution in [0.2, 0.25) is 10.0 Å². The molecule has 0 aliphatic rings. The Kier molecular flexibility index (Phi) is 5.79. The molecule has 0 bridgehead atoms. The molecule has 2 nitrogen and oxygen atoms in total. The zero-order chi connectivity index (χ0) is 11.3. The maximum Gasteiger partial charge on any atom is 0.0483 e. The van der Waals surface area contributed by atoms with Crippen LogP contribution in [0.3, 0.4) is 0 Å². The van der Waals surface area contributed by atoms with Crippen LogP contribution in [0.5, 0.6) is 0 Å². The number of rotatable bonds is 5. The van der Waals surface area contributed by atoms with Gasteiger partial charge in [-0.25, -0.2) is 0 Å². The van der Waals surface area contributed by atoms with Crippen molar-refractivity contribution in [1.29, 1.82) is 0 Å². The molecule has 0 aromatic heterocycles. The molecule has 3 N–H and O–H groups in total. The SMILES string of the molecule is CSCCC(NN)c1cc(Cl)ccc1Cl. The van der Waals surface area contributed by atoms with Crippen molar-refractivity contribution in [3.63, 3.8) is 0 Å². The summed E-state index contributed by atoms with van der Waals surface area (Å²) in [6.07, 6.45) is 2.99. The largest absolute Gasteiger partial charge is 0.271 e. The number of hydrazine groups is 1. The molecule has 0 aliphatic carbocycles. The lowest BCUT2D eigenvalue weighted by molar-refractivity contribution is 0.543. The maximum absolute atomic E-state index is 6.09. The van der Waals surface area contributed by atoms with E-state index in [0.29, 0.717) is 10.0 Å². The third-order valence-electron chi connectivity index (χ3n) is 2.15. The quantitative estimate of drug-likeness (QED) is 0.634. The minimum atomic E-state index is 0.0589. The normalized spacial score (nSPS) is 12.8. The minimum Gasteiger partial charge on any atom is -0.271 e. The van der Waals surface area contributed by atoms with Gasteiger partial charge in [0.25, 0.3) is 0 Å². The highest BCUT2D eigenvalue weighted by Gasteiger charge is 2.13. The standard InChI is InChI=1S/C10H14Cl2N2S/c1-15-5-4-10(14-13)8-6-7(11)2-3-9(8)12/h2-3,6,10,14H,4-5,13H2,1H3. The van der Waals surface area contributed by atoms with E-state index in [2.05, 4.69) is 11.7 Å². The van der Waals surface area contributed by atoms with Crippen LogP contribution < -0.4 is 11.3 Å². The van der Waals surface area contributed by atoms with E-state index < -0.39 is 0 Å². The third kappa shape index (κ3) is 3.85. The fourth-order valence-electron chi connectivity index (χ4n) is 1.35. The summed E-state index contributed by atoms with van der Waals surface area (Å²) in [6, 6.07) is 5.48. The summed E-state index contributed by atoms with van der Waals surface area (Å²) in [4.78, 5) is 0. The second-order valence-electron chi connectivity index (χ2n) is 3.17. The zero-order valence-corrected chi connectivity index (χ0v) is 10.8. The van der Waals surface area contributed by atoms with Gasteiger partial charge in [-0.1, -0.05) is 23.2 Å². The molecule has 84 valence electrons. The molecule has 5 heteroatoms. The van der Waals surface area contributed by atoms with E-state index >= 15 is 0 Å². The van der Waals surface area contributed by atoms with Crippen molar-refractivity contribution < 1.29 is 0 Å². The van der Waals surface area contributed by atoms with E-state index in [0.717, 1.165) is 17.7 Å². The molecule has 15 heavy (non-hydrogen) atoms. The average Bonchev–Trinajstić information content (AvgIpc) is 2.24. The molecular formula is C10H14Cl2N2S. The number of benzene rings is 1. The first-order valence-electron chi connectivity index (χ1n) is 4.59. The van der Waals surface area contributed by atoms with Crippen LogP contribution in [0.1, 0.15) is 18.0 Å². The lowest BCUT2D eigenvalue weighted by Crippen LogP contribution is -2.28. The van der Waals surface area contributed by atoms with Gasteiger partial charge in [-0.15, -0.1) is 0 Å².